The number of rotatable bonds is 6. The molecule has 0 bridgehead atoms. The largest absolute Gasteiger partial charge is 0.348 e. The van der Waals surface area contributed by atoms with Gasteiger partial charge in [0.25, 0.3) is 5.91 Å². The number of aryl methyl sites for hydroxylation is 1. The predicted molar refractivity (Wildman–Crippen MR) is 111 cm³/mol. The van der Waals surface area contributed by atoms with E-state index in [1.807, 2.05) is 24.3 Å². The Bertz CT molecular complexity index is 937. The fourth-order valence-corrected chi connectivity index (χ4v) is 5.01. The molecule has 2 aromatic rings. The van der Waals surface area contributed by atoms with E-state index in [4.69, 9.17) is 11.6 Å². The van der Waals surface area contributed by atoms with Crippen molar-refractivity contribution < 1.29 is 13.2 Å². The molecule has 0 aliphatic carbocycles. The zero-order valence-electron chi connectivity index (χ0n) is 15.9. The first kappa shape index (κ1) is 20.8. The second kappa shape index (κ2) is 9.07. The minimum Gasteiger partial charge on any atom is -0.348 e. The van der Waals surface area contributed by atoms with Crippen LogP contribution >= 0.6 is 11.6 Å². The summed E-state index contributed by atoms with van der Waals surface area (Å²) in [5.41, 5.74) is 2.37. The highest BCUT2D eigenvalue weighted by Gasteiger charge is 2.27. The summed E-state index contributed by atoms with van der Waals surface area (Å²) in [4.78, 5) is 12.7. The summed E-state index contributed by atoms with van der Waals surface area (Å²) >= 11 is 6.18. The second-order valence-electron chi connectivity index (χ2n) is 6.96. The summed E-state index contributed by atoms with van der Waals surface area (Å²) in [6.45, 7) is 3.46. The summed E-state index contributed by atoms with van der Waals surface area (Å²) < 4.78 is 27.2. The number of carbonyl (C=O) groups excluding carboxylic acids is 1. The van der Waals surface area contributed by atoms with Gasteiger partial charge in [-0.25, -0.2) is 8.42 Å². The molecule has 0 radical (unpaired) electrons. The first-order chi connectivity index (χ1) is 13.4. The van der Waals surface area contributed by atoms with Gasteiger partial charge in [-0.15, -0.1) is 0 Å². The SMILES string of the molecule is CCc1ccc(CNC(=O)c2cc(S(=O)(=O)N3CCCCC3)ccc2Cl)cc1. The second-order valence-corrected chi connectivity index (χ2v) is 9.30. The number of hydrogen-bond acceptors (Lipinski definition) is 3. The van der Waals surface area contributed by atoms with Crippen LogP contribution < -0.4 is 5.32 Å². The topological polar surface area (TPSA) is 66.5 Å². The molecule has 0 atom stereocenters. The Morgan fingerprint density at radius 3 is 2.32 bits per heavy atom. The monoisotopic (exact) mass is 420 g/mol. The van der Waals surface area contributed by atoms with Gasteiger partial charge in [0.2, 0.25) is 10.0 Å². The van der Waals surface area contributed by atoms with Gasteiger partial charge < -0.3 is 5.32 Å². The molecule has 1 saturated heterocycles. The van der Waals surface area contributed by atoms with Gasteiger partial charge in [-0.1, -0.05) is 49.2 Å². The number of piperidine rings is 1. The zero-order valence-corrected chi connectivity index (χ0v) is 17.5. The van der Waals surface area contributed by atoms with Crippen molar-refractivity contribution in [1.82, 2.24) is 9.62 Å². The number of halogens is 1. The van der Waals surface area contributed by atoms with Crippen molar-refractivity contribution in [3.63, 3.8) is 0 Å². The molecule has 28 heavy (non-hydrogen) atoms. The van der Waals surface area contributed by atoms with Gasteiger partial charge in [0, 0.05) is 19.6 Å². The van der Waals surface area contributed by atoms with E-state index in [1.54, 1.807) is 0 Å². The number of hydrogen-bond donors (Lipinski definition) is 1. The third kappa shape index (κ3) is 4.74. The molecule has 1 aliphatic rings. The molecule has 5 nitrogen and oxygen atoms in total. The molecular weight excluding hydrogens is 396 g/mol. The van der Waals surface area contributed by atoms with E-state index >= 15 is 0 Å². The minimum atomic E-state index is -3.61. The highest BCUT2D eigenvalue weighted by atomic mass is 35.5. The van der Waals surface area contributed by atoms with Crippen LogP contribution in [0.1, 0.15) is 47.7 Å². The van der Waals surface area contributed by atoms with Crippen LogP contribution in [0.2, 0.25) is 5.02 Å². The van der Waals surface area contributed by atoms with E-state index in [0.717, 1.165) is 31.2 Å². The van der Waals surface area contributed by atoms with Crippen LogP contribution in [0.15, 0.2) is 47.4 Å². The smallest absolute Gasteiger partial charge is 0.253 e. The highest BCUT2D eigenvalue weighted by Crippen LogP contribution is 2.25. The van der Waals surface area contributed by atoms with Gasteiger partial charge >= 0.3 is 0 Å². The van der Waals surface area contributed by atoms with Gasteiger partial charge in [0.05, 0.1) is 15.5 Å². The Balaban J connectivity index is 1.75. The van der Waals surface area contributed by atoms with Gasteiger partial charge in [0.1, 0.15) is 0 Å². The molecule has 1 aliphatic heterocycles. The van der Waals surface area contributed by atoms with Crippen LogP contribution in [0.3, 0.4) is 0 Å². The van der Waals surface area contributed by atoms with E-state index in [-0.39, 0.29) is 21.4 Å². The van der Waals surface area contributed by atoms with E-state index in [9.17, 15) is 13.2 Å². The molecule has 0 spiro atoms. The van der Waals surface area contributed by atoms with Gasteiger partial charge in [-0.05, 0) is 48.6 Å². The Morgan fingerprint density at radius 2 is 1.68 bits per heavy atom. The highest BCUT2D eigenvalue weighted by molar-refractivity contribution is 7.89. The lowest BCUT2D eigenvalue weighted by molar-refractivity contribution is 0.0951. The third-order valence-electron chi connectivity index (χ3n) is 5.02. The number of nitrogens with one attached hydrogen (secondary N) is 1. The predicted octanol–water partition coefficient (Wildman–Crippen LogP) is 4.01. The lowest BCUT2D eigenvalue weighted by atomic mass is 10.1. The maximum Gasteiger partial charge on any atom is 0.253 e. The fraction of sp³-hybridized carbons (Fsp3) is 0.381. The summed E-state index contributed by atoms with van der Waals surface area (Å²) in [6, 6.07) is 12.3. The van der Waals surface area contributed by atoms with Crippen LogP contribution in [0.5, 0.6) is 0 Å². The molecule has 3 rings (SSSR count). The van der Waals surface area contributed by atoms with E-state index < -0.39 is 10.0 Å². The number of benzene rings is 2. The number of carbonyl (C=O) groups is 1. The number of amides is 1. The first-order valence-electron chi connectivity index (χ1n) is 9.57. The van der Waals surface area contributed by atoms with E-state index in [0.29, 0.717) is 19.6 Å². The van der Waals surface area contributed by atoms with Gasteiger partial charge in [-0.2, -0.15) is 4.31 Å². The molecule has 2 aromatic carbocycles. The fourth-order valence-electron chi connectivity index (χ4n) is 3.26. The molecule has 0 aromatic heterocycles. The van der Waals surface area contributed by atoms with Crippen LogP contribution in [0, 0.1) is 0 Å². The molecular formula is C21H25ClN2O3S. The molecule has 7 heteroatoms. The molecule has 1 heterocycles. The van der Waals surface area contributed by atoms with Crippen molar-refractivity contribution in [3.05, 3.63) is 64.2 Å². The first-order valence-corrected chi connectivity index (χ1v) is 11.4. The average molecular weight is 421 g/mol. The van der Waals surface area contributed by atoms with Gasteiger partial charge in [0.15, 0.2) is 0 Å². The summed E-state index contributed by atoms with van der Waals surface area (Å²) in [7, 11) is -3.61. The van der Waals surface area contributed by atoms with Crippen molar-refractivity contribution in [2.45, 2.75) is 44.0 Å². The number of sulfonamides is 1. The lowest BCUT2D eigenvalue weighted by Gasteiger charge is -2.26. The number of nitrogens with zero attached hydrogens (tertiary/aromatic N) is 1. The molecule has 0 unspecified atom stereocenters. The van der Waals surface area contributed by atoms with Crippen LogP contribution in [-0.4, -0.2) is 31.7 Å². The molecule has 1 amide bonds. The van der Waals surface area contributed by atoms with Gasteiger partial charge in [-0.3, -0.25) is 4.79 Å². The molecule has 150 valence electrons. The zero-order chi connectivity index (χ0) is 20.1. The van der Waals surface area contributed by atoms with Crippen molar-refractivity contribution in [2.75, 3.05) is 13.1 Å². The summed E-state index contributed by atoms with van der Waals surface area (Å²) in [6.07, 6.45) is 3.72. The minimum absolute atomic E-state index is 0.108. The van der Waals surface area contributed by atoms with Crippen molar-refractivity contribution in [1.29, 1.82) is 0 Å². The van der Waals surface area contributed by atoms with Crippen LogP contribution in [0.4, 0.5) is 0 Å². The Hall–Kier alpha value is -1.89. The maximum absolute atomic E-state index is 12.9. The van der Waals surface area contributed by atoms with Crippen LogP contribution in [-0.2, 0) is 23.0 Å². The Morgan fingerprint density at radius 1 is 1.04 bits per heavy atom. The van der Waals surface area contributed by atoms with Crippen molar-refractivity contribution >= 4 is 27.5 Å². The quantitative estimate of drug-likeness (QED) is 0.767. The Kier molecular flexibility index (Phi) is 6.75. The van der Waals surface area contributed by atoms with E-state index in [2.05, 4.69) is 12.2 Å². The van der Waals surface area contributed by atoms with E-state index in [1.165, 1.54) is 28.1 Å². The molecule has 1 N–H and O–H groups in total. The van der Waals surface area contributed by atoms with Crippen molar-refractivity contribution in [3.8, 4) is 0 Å². The standard InChI is InChI=1S/C21H25ClN2O3S/c1-2-16-6-8-17(9-7-16)15-23-21(25)19-14-18(10-11-20(19)22)28(26,27)24-12-4-3-5-13-24/h6-11,14H,2-5,12-13,15H2,1H3,(H,23,25). The lowest BCUT2D eigenvalue weighted by Crippen LogP contribution is -2.35. The molecule has 0 saturated carbocycles. The van der Waals surface area contributed by atoms with Crippen LogP contribution in [0.25, 0.3) is 0 Å². The summed E-state index contributed by atoms with van der Waals surface area (Å²) in [5, 5.41) is 3.05. The van der Waals surface area contributed by atoms with Crippen molar-refractivity contribution in [2.24, 2.45) is 0 Å². The summed E-state index contributed by atoms with van der Waals surface area (Å²) in [5.74, 6) is -0.389. The maximum atomic E-state index is 12.9. The average Bonchev–Trinajstić information content (AvgIpc) is 2.73. The normalized spacial score (nSPS) is 15.4. The Labute approximate surface area is 171 Å². The molecule has 1 fully saturated rings. The third-order valence-corrected chi connectivity index (χ3v) is 7.24.